The number of nitrogens with zero attached hydrogens (tertiary/aromatic N) is 4. The molecule has 19 heavy (non-hydrogen) atoms. The molecule has 0 fully saturated rings. The molecule has 1 aromatic heterocycles. The maximum absolute atomic E-state index is 11.8. The van der Waals surface area contributed by atoms with E-state index in [1.807, 2.05) is 0 Å². The first-order valence-electron chi connectivity index (χ1n) is 5.60. The zero-order valence-corrected chi connectivity index (χ0v) is 11.0. The number of ether oxygens (including phenoxy) is 1. The third-order valence-electron chi connectivity index (χ3n) is 1.86. The predicted molar refractivity (Wildman–Crippen MR) is 65.8 cm³/mol. The lowest BCUT2D eigenvalue weighted by molar-refractivity contribution is -0.141. The quantitative estimate of drug-likeness (QED) is 0.436. The SMILES string of the molecule is CCOC(=O)CNC(=O)c1[nH]cnc1/N=N/N(C)C. The average Bonchev–Trinajstić information content (AvgIpc) is 2.82. The molecule has 2 N–H and O–H groups in total. The van der Waals surface area contributed by atoms with E-state index in [-0.39, 0.29) is 24.7 Å². The summed E-state index contributed by atoms with van der Waals surface area (Å²) in [5.74, 6) is -0.861. The second-order valence-corrected chi connectivity index (χ2v) is 3.63. The smallest absolute Gasteiger partial charge is 0.325 e. The van der Waals surface area contributed by atoms with Crippen LogP contribution in [0.4, 0.5) is 5.82 Å². The highest BCUT2D eigenvalue weighted by atomic mass is 16.5. The Balaban J connectivity index is 2.62. The number of nitrogens with one attached hydrogen (secondary N) is 2. The lowest BCUT2D eigenvalue weighted by atomic mass is 10.4. The van der Waals surface area contributed by atoms with Gasteiger partial charge in [-0.2, -0.15) is 0 Å². The molecule has 9 heteroatoms. The Labute approximate surface area is 110 Å². The van der Waals surface area contributed by atoms with Crippen molar-refractivity contribution in [2.45, 2.75) is 6.92 Å². The predicted octanol–water partition coefficient (Wildman–Crippen LogP) is 0.263. The molecule has 0 aromatic carbocycles. The third kappa shape index (κ3) is 4.74. The Hall–Kier alpha value is -2.45. The summed E-state index contributed by atoms with van der Waals surface area (Å²) in [6, 6.07) is 0. The normalized spacial score (nSPS) is 10.5. The highest BCUT2D eigenvalue weighted by molar-refractivity contribution is 5.97. The number of carbonyl (C=O) groups is 2. The van der Waals surface area contributed by atoms with E-state index in [0.717, 1.165) is 0 Å². The highest BCUT2D eigenvalue weighted by Crippen LogP contribution is 2.13. The van der Waals surface area contributed by atoms with Crippen molar-refractivity contribution in [1.29, 1.82) is 0 Å². The van der Waals surface area contributed by atoms with E-state index in [9.17, 15) is 9.59 Å². The molecule has 0 saturated heterocycles. The lowest BCUT2D eigenvalue weighted by Crippen LogP contribution is -2.30. The van der Waals surface area contributed by atoms with Gasteiger partial charge in [-0.25, -0.2) is 4.98 Å². The van der Waals surface area contributed by atoms with Crippen LogP contribution >= 0.6 is 0 Å². The van der Waals surface area contributed by atoms with Crippen LogP contribution in [-0.4, -0.2) is 54.1 Å². The summed E-state index contributed by atoms with van der Waals surface area (Å²) in [7, 11) is 3.38. The van der Waals surface area contributed by atoms with Crippen LogP contribution < -0.4 is 5.32 Å². The van der Waals surface area contributed by atoms with Gasteiger partial charge in [-0.3, -0.25) is 14.6 Å². The first kappa shape index (κ1) is 14.6. The van der Waals surface area contributed by atoms with E-state index >= 15 is 0 Å². The molecular formula is C10H16N6O3. The molecule has 1 rings (SSSR count). The Morgan fingerprint density at radius 2 is 2.26 bits per heavy atom. The maximum atomic E-state index is 11.8. The summed E-state index contributed by atoms with van der Waals surface area (Å²) in [5, 5.41) is 11.4. The van der Waals surface area contributed by atoms with Crippen molar-refractivity contribution in [3.8, 4) is 0 Å². The monoisotopic (exact) mass is 268 g/mol. The molecule has 0 spiro atoms. The first-order valence-corrected chi connectivity index (χ1v) is 5.60. The topological polar surface area (TPSA) is 112 Å². The second kappa shape index (κ2) is 7.09. The van der Waals surface area contributed by atoms with Gasteiger partial charge in [-0.05, 0) is 6.92 Å². The number of amides is 1. The number of hydrogen-bond acceptors (Lipinski definition) is 6. The van der Waals surface area contributed by atoms with Gasteiger partial charge in [0.2, 0.25) is 5.82 Å². The number of aromatic amines is 1. The largest absolute Gasteiger partial charge is 0.465 e. The molecule has 9 nitrogen and oxygen atoms in total. The average molecular weight is 268 g/mol. The zero-order valence-electron chi connectivity index (χ0n) is 11.0. The number of carbonyl (C=O) groups excluding carboxylic acids is 2. The van der Waals surface area contributed by atoms with Crippen LogP contribution in [0.5, 0.6) is 0 Å². The molecule has 1 amide bonds. The molecular weight excluding hydrogens is 252 g/mol. The van der Waals surface area contributed by atoms with Gasteiger partial charge in [0.15, 0.2) is 5.69 Å². The number of aromatic nitrogens is 2. The van der Waals surface area contributed by atoms with Gasteiger partial charge >= 0.3 is 5.97 Å². The number of esters is 1. The molecule has 1 heterocycles. The summed E-state index contributed by atoms with van der Waals surface area (Å²) in [4.78, 5) is 29.4. The van der Waals surface area contributed by atoms with Gasteiger partial charge in [-0.1, -0.05) is 5.22 Å². The van der Waals surface area contributed by atoms with Gasteiger partial charge in [0, 0.05) is 14.1 Å². The summed E-state index contributed by atoms with van der Waals surface area (Å²) in [6.07, 6.45) is 1.32. The molecule has 0 radical (unpaired) electrons. The minimum atomic E-state index is -0.508. The fourth-order valence-corrected chi connectivity index (χ4v) is 1.11. The molecule has 104 valence electrons. The van der Waals surface area contributed by atoms with Crippen LogP contribution in [0, 0.1) is 0 Å². The van der Waals surface area contributed by atoms with E-state index in [1.165, 1.54) is 11.3 Å². The van der Waals surface area contributed by atoms with Crippen LogP contribution in [0.15, 0.2) is 16.7 Å². The van der Waals surface area contributed by atoms with Crippen molar-refractivity contribution in [2.75, 3.05) is 27.2 Å². The lowest BCUT2D eigenvalue weighted by Gasteiger charge is -2.04. The van der Waals surface area contributed by atoms with Crippen LogP contribution in [0.2, 0.25) is 0 Å². The standard InChI is InChI=1S/C10H16N6O3/c1-4-19-7(17)5-11-10(18)8-9(13-6-12-8)14-15-16(2)3/h6H,4-5H2,1-3H3,(H,11,18)(H,12,13)/b15-14+. The van der Waals surface area contributed by atoms with Gasteiger partial charge < -0.3 is 15.0 Å². The minimum absolute atomic E-state index is 0.134. The molecule has 0 aliphatic rings. The van der Waals surface area contributed by atoms with Crippen molar-refractivity contribution >= 4 is 17.7 Å². The summed E-state index contributed by atoms with van der Waals surface area (Å²) in [6.45, 7) is 1.74. The summed E-state index contributed by atoms with van der Waals surface area (Å²) < 4.78 is 4.69. The van der Waals surface area contributed by atoms with Crippen LogP contribution in [0.25, 0.3) is 0 Å². The highest BCUT2D eigenvalue weighted by Gasteiger charge is 2.15. The molecule has 0 atom stereocenters. The number of rotatable bonds is 6. The Morgan fingerprint density at radius 3 is 2.89 bits per heavy atom. The second-order valence-electron chi connectivity index (χ2n) is 3.63. The van der Waals surface area contributed by atoms with Crippen molar-refractivity contribution in [3.63, 3.8) is 0 Å². The van der Waals surface area contributed by atoms with E-state index in [0.29, 0.717) is 0 Å². The van der Waals surface area contributed by atoms with Gasteiger partial charge in [0.1, 0.15) is 6.54 Å². The molecule has 1 aromatic rings. The molecule has 0 aliphatic heterocycles. The molecule has 0 saturated carbocycles. The molecule has 0 aliphatic carbocycles. The first-order chi connectivity index (χ1) is 9.04. The zero-order chi connectivity index (χ0) is 14.3. The summed E-state index contributed by atoms with van der Waals surface area (Å²) in [5.41, 5.74) is 0.134. The fourth-order valence-electron chi connectivity index (χ4n) is 1.11. The van der Waals surface area contributed by atoms with Gasteiger partial charge in [0.05, 0.1) is 12.9 Å². The van der Waals surface area contributed by atoms with Crippen molar-refractivity contribution in [3.05, 3.63) is 12.0 Å². The van der Waals surface area contributed by atoms with E-state index in [1.54, 1.807) is 21.0 Å². The van der Waals surface area contributed by atoms with Crippen molar-refractivity contribution < 1.29 is 14.3 Å². The molecule has 0 unspecified atom stereocenters. The number of imidazole rings is 1. The van der Waals surface area contributed by atoms with Crippen LogP contribution in [0.1, 0.15) is 17.4 Å². The van der Waals surface area contributed by atoms with Gasteiger partial charge in [0.25, 0.3) is 5.91 Å². The van der Waals surface area contributed by atoms with Crippen LogP contribution in [-0.2, 0) is 9.53 Å². The third-order valence-corrected chi connectivity index (χ3v) is 1.86. The van der Waals surface area contributed by atoms with Crippen molar-refractivity contribution in [1.82, 2.24) is 20.3 Å². The molecule has 0 bridgehead atoms. The van der Waals surface area contributed by atoms with Crippen molar-refractivity contribution in [2.24, 2.45) is 10.3 Å². The Morgan fingerprint density at radius 1 is 1.53 bits per heavy atom. The minimum Gasteiger partial charge on any atom is -0.465 e. The van der Waals surface area contributed by atoms with Crippen LogP contribution in [0.3, 0.4) is 0 Å². The van der Waals surface area contributed by atoms with E-state index in [2.05, 4.69) is 25.6 Å². The summed E-state index contributed by atoms with van der Waals surface area (Å²) >= 11 is 0. The maximum Gasteiger partial charge on any atom is 0.325 e. The van der Waals surface area contributed by atoms with E-state index in [4.69, 9.17) is 4.74 Å². The van der Waals surface area contributed by atoms with E-state index < -0.39 is 11.9 Å². The Bertz CT molecular complexity index is 468. The van der Waals surface area contributed by atoms with Gasteiger partial charge in [-0.15, -0.1) is 5.11 Å². The number of hydrogen-bond donors (Lipinski definition) is 2. The number of H-pyrrole nitrogens is 1. The Kier molecular flexibility index (Phi) is 5.45. The fraction of sp³-hybridized carbons (Fsp3) is 0.500.